The Morgan fingerprint density at radius 3 is 3.43 bits per heavy atom. The number of hydrogen-bond donors (Lipinski definition) is 1. The number of nitrogens with zero attached hydrogens (tertiary/aromatic N) is 2. The second-order valence-corrected chi connectivity index (χ2v) is 3.73. The first-order valence-electron chi connectivity index (χ1n) is 5.04. The minimum atomic E-state index is 0.426. The van der Waals surface area contributed by atoms with E-state index in [1.165, 1.54) is 11.4 Å². The molecule has 1 fully saturated rings. The third kappa shape index (κ3) is 1.13. The highest BCUT2D eigenvalue weighted by Crippen LogP contribution is 2.22. The summed E-state index contributed by atoms with van der Waals surface area (Å²) in [5.41, 5.74) is 1.30. The fraction of sp³-hybridized carbons (Fsp3) is 0.364. The Bertz CT molecular complexity index is 363. The molecular formula is C11H13N3. The van der Waals surface area contributed by atoms with Gasteiger partial charge in [0.25, 0.3) is 0 Å². The number of hydrogen-bond acceptors (Lipinski definition) is 3. The lowest BCUT2D eigenvalue weighted by atomic mass is 9.99. The van der Waals surface area contributed by atoms with E-state index < -0.39 is 0 Å². The van der Waals surface area contributed by atoms with Crippen molar-refractivity contribution < 1.29 is 0 Å². The maximum absolute atomic E-state index is 4.47. The number of piperazine rings is 1. The molecule has 3 nitrogen and oxygen atoms in total. The van der Waals surface area contributed by atoms with Gasteiger partial charge in [0.15, 0.2) is 0 Å². The van der Waals surface area contributed by atoms with Gasteiger partial charge in [-0.1, -0.05) is 24.3 Å². The number of allylic oxidation sites excluding steroid dienone is 2. The highest BCUT2D eigenvalue weighted by atomic mass is 15.3. The molecule has 14 heavy (non-hydrogen) atoms. The van der Waals surface area contributed by atoms with Crippen LogP contribution in [0.2, 0.25) is 0 Å². The van der Waals surface area contributed by atoms with Gasteiger partial charge in [0.05, 0.1) is 12.6 Å². The van der Waals surface area contributed by atoms with E-state index in [1.807, 2.05) is 6.20 Å². The van der Waals surface area contributed by atoms with Crippen molar-refractivity contribution in [1.82, 2.24) is 10.2 Å². The summed E-state index contributed by atoms with van der Waals surface area (Å²) < 4.78 is 0. The molecule has 0 radical (unpaired) electrons. The van der Waals surface area contributed by atoms with Gasteiger partial charge < -0.3 is 10.2 Å². The van der Waals surface area contributed by atoms with E-state index in [9.17, 15) is 0 Å². The van der Waals surface area contributed by atoms with E-state index in [0.717, 1.165) is 19.6 Å². The topological polar surface area (TPSA) is 27.6 Å². The summed E-state index contributed by atoms with van der Waals surface area (Å²) in [5.74, 6) is 1.17. The van der Waals surface area contributed by atoms with Crippen molar-refractivity contribution in [3.63, 3.8) is 0 Å². The van der Waals surface area contributed by atoms with Crippen LogP contribution in [0, 0.1) is 0 Å². The molecule has 0 amide bonds. The lowest BCUT2D eigenvalue weighted by Crippen LogP contribution is -2.53. The summed E-state index contributed by atoms with van der Waals surface area (Å²) in [6.45, 7) is 3.01. The molecule has 72 valence electrons. The summed E-state index contributed by atoms with van der Waals surface area (Å²) in [6, 6.07) is 0.426. The van der Waals surface area contributed by atoms with Gasteiger partial charge in [0.2, 0.25) is 0 Å². The summed E-state index contributed by atoms with van der Waals surface area (Å²) in [4.78, 5) is 6.85. The Hall–Kier alpha value is -1.35. The van der Waals surface area contributed by atoms with Crippen LogP contribution in [-0.2, 0) is 0 Å². The quantitative estimate of drug-likeness (QED) is 0.604. The maximum Gasteiger partial charge on any atom is 0.119 e. The highest BCUT2D eigenvalue weighted by molar-refractivity contribution is 5.87. The van der Waals surface area contributed by atoms with Crippen molar-refractivity contribution in [2.24, 2.45) is 4.99 Å². The summed E-state index contributed by atoms with van der Waals surface area (Å²) >= 11 is 0. The van der Waals surface area contributed by atoms with E-state index in [2.05, 4.69) is 39.5 Å². The van der Waals surface area contributed by atoms with Crippen LogP contribution in [0.25, 0.3) is 0 Å². The lowest BCUT2D eigenvalue weighted by Gasteiger charge is -2.39. The van der Waals surface area contributed by atoms with Crippen molar-refractivity contribution in [2.45, 2.75) is 6.04 Å². The Morgan fingerprint density at radius 1 is 1.43 bits per heavy atom. The Labute approximate surface area is 83.5 Å². The van der Waals surface area contributed by atoms with Gasteiger partial charge in [-0.05, 0) is 5.57 Å². The van der Waals surface area contributed by atoms with E-state index >= 15 is 0 Å². The molecular weight excluding hydrogens is 174 g/mol. The highest BCUT2D eigenvalue weighted by Gasteiger charge is 2.27. The Kier molecular flexibility index (Phi) is 1.77. The molecule has 1 N–H and O–H groups in total. The fourth-order valence-electron chi connectivity index (χ4n) is 2.15. The third-order valence-electron chi connectivity index (χ3n) is 2.88. The molecule has 0 aromatic heterocycles. The van der Waals surface area contributed by atoms with Crippen LogP contribution in [0.15, 0.2) is 41.1 Å². The number of nitrogens with one attached hydrogen (secondary N) is 1. The second kappa shape index (κ2) is 3.10. The molecule has 1 aliphatic carbocycles. The van der Waals surface area contributed by atoms with E-state index in [1.54, 1.807) is 0 Å². The monoisotopic (exact) mass is 187 g/mol. The van der Waals surface area contributed by atoms with Gasteiger partial charge in [-0.15, -0.1) is 0 Å². The van der Waals surface area contributed by atoms with Gasteiger partial charge in [0.1, 0.15) is 5.84 Å². The minimum absolute atomic E-state index is 0.426. The molecule has 3 rings (SSSR count). The molecule has 2 aliphatic heterocycles. The largest absolute Gasteiger partial charge is 0.347 e. The average molecular weight is 187 g/mol. The van der Waals surface area contributed by atoms with Crippen molar-refractivity contribution in [3.8, 4) is 0 Å². The Balaban J connectivity index is 1.98. The van der Waals surface area contributed by atoms with Crippen LogP contribution in [-0.4, -0.2) is 36.4 Å². The normalized spacial score (nSPS) is 29.1. The van der Waals surface area contributed by atoms with Gasteiger partial charge in [0, 0.05) is 19.3 Å². The first-order valence-corrected chi connectivity index (χ1v) is 5.04. The lowest BCUT2D eigenvalue weighted by molar-refractivity contribution is 0.353. The summed E-state index contributed by atoms with van der Waals surface area (Å²) in [6.07, 6.45) is 10.6. The zero-order valence-electron chi connectivity index (χ0n) is 7.98. The van der Waals surface area contributed by atoms with Crippen molar-refractivity contribution in [1.29, 1.82) is 0 Å². The molecule has 0 spiro atoms. The van der Waals surface area contributed by atoms with Crippen molar-refractivity contribution >= 4 is 5.84 Å². The predicted molar refractivity (Wildman–Crippen MR) is 57.2 cm³/mol. The molecule has 2 heterocycles. The standard InChI is InChI=1S/C11H13N3/c1-2-4-10-9(3-1)7-13-11-8-12-5-6-14(10)11/h1-4,7,10,12H,5-6,8H2. The van der Waals surface area contributed by atoms with Crippen LogP contribution in [0.4, 0.5) is 0 Å². The summed E-state index contributed by atoms with van der Waals surface area (Å²) in [5, 5.41) is 3.34. The van der Waals surface area contributed by atoms with Crippen LogP contribution in [0.1, 0.15) is 0 Å². The Morgan fingerprint density at radius 2 is 2.43 bits per heavy atom. The number of aliphatic imine (C=N–C) groups is 1. The van der Waals surface area contributed by atoms with E-state index in [-0.39, 0.29) is 0 Å². The van der Waals surface area contributed by atoms with Gasteiger partial charge >= 0.3 is 0 Å². The summed E-state index contributed by atoms with van der Waals surface area (Å²) in [7, 11) is 0. The van der Waals surface area contributed by atoms with Crippen LogP contribution < -0.4 is 5.32 Å². The third-order valence-corrected chi connectivity index (χ3v) is 2.88. The molecule has 1 saturated heterocycles. The zero-order valence-corrected chi connectivity index (χ0v) is 7.98. The maximum atomic E-state index is 4.47. The van der Waals surface area contributed by atoms with Crippen LogP contribution >= 0.6 is 0 Å². The first kappa shape index (κ1) is 8.00. The predicted octanol–water partition coefficient (Wildman–Crippen LogP) is 0.682. The van der Waals surface area contributed by atoms with Crippen LogP contribution in [0.3, 0.4) is 0 Å². The molecule has 1 unspecified atom stereocenters. The average Bonchev–Trinajstić information content (AvgIpc) is 2.29. The SMILES string of the molecule is C1=CC2=CN=C3CNCCN3C2C=C1. The molecule has 0 saturated carbocycles. The molecule has 1 atom stereocenters. The minimum Gasteiger partial charge on any atom is -0.347 e. The molecule has 0 aromatic rings. The molecule has 0 bridgehead atoms. The van der Waals surface area contributed by atoms with Crippen molar-refractivity contribution in [3.05, 3.63) is 36.1 Å². The fourth-order valence-corrected chi connectivity index (χ4v) is 2.15. The number of rotatable bonds is 0. The smallest absolute Gasteiger partial charge is 0.119 e. The van der Waals surface area contributed by atoms with E-state index in [0.29, 0.717) is 6.04 Å². The molecule has 3 heteroatoms. The first-order chi connectivity index (χ1) is 6.95. The van der Waals surface area contributed by atoms with Gasteiger partial charge in [-0.2, -0.15) is 0 Å². The molecule has 3 aliphatic rings. The second-order valence-electron chi connectivity index (χ2n) is 3.73. The van der Waals surface area contributed by atoms with E-state index in [4.69, 9.17) is 0 Å². The molecule has 0 aromatic carbocycles. The van der Waals surface area contributed by atoms with Gasteiger partial charge in [-0.25, -0.2) is 4.99 Å². The zero-order chi connectivity index (χ0) is 9.38. The van der Waals surface area contributed by atoms with Gasteiger partial charge in [-0.3, -0.25) is 0 Å². The van der Waals surface area contributed by atoms with Crippen molar-refractivity contribution in [2.75, 3.05) is 19.6 Å². The number of amidine groups is 1. The van der Waals surface area contributed by atoms with Crippen LogP contribution in [0.5, 0.6) is 0 Å². The number of fused-ring (bicyclic) bond motifs is 3.